The maximum atomic E-state index is 11.6. The Balaban J connectivity index is 2.37. The van der Waals surface area contributed by atoms with Crippen LogP contribution < -0.4 is 10.5 Å². The summed E-state index contributed by atoms with van der Waals surface area (Å²) in [5, 5.41) is 8.62. The van der Waals surface area contributed by atoms with Gasteiger partial charge in [0.05, 0.1) is 10.9 Å². The summed E-state index contributed by atoms with van der Waals surface area (Å²) in [6.45, 7) is 7.98. The fourth-order valence-corrected chi connectivity index (χ4v) is 3.63. The van der Waals surface area contributed by atoms with Crippen molar-refractivity contribution in [3.05, 3.63) is 45.1 Å². The lowest BCUT2D eigenvalue weighted by atomic mass is 10.1. The summed E-state index contributed by atoms with van der Waals surface area (Å²) in [5.41, 5.74) is 2.73. The molecule has 0 radical (unpaired) electrons. The second-order valence-corrected chi connectivity index (χ2v) is 8.15. The second-order valence-electron chi connectivity index (χ2n) is 5.27. The number of thiophene rings is 1. The zero-order valence-corrected chi connectivity index (χ0v) is 14.2. The van der Waals surface area contributed by atoms with Gasteiger partial charge in [0.1, 0.15) is 0 Å². The molecule has 0 aliphatic rings. The van der Waals surface area contributed by atoms with Gasteiger partial charge in [0.25, 0.3) is 0 Å². The molecular weight excluding hydrogens is 304 g/mol. The summed E-state index contributed by atoms with van der Waals surface area (Å²) in [6.07, 6.45) is 0. The van der Waals surface area contributed by atoms with Crippen LogP contribution in [-0.4, -0.2) is 8.42 Å². The SMILES string of the molecule is Cc1ccc(C(C)Nc2cc(S(N)(=O)=O)cc(C)c2C)s1. The summed E-state index contributed by atoms with van der Waals surface area (Å²) >= 11 is 1.73. The highest BCUT2D eigenvalue weighted by molar-refractivity contribution is 7.89. The van der Waals surface area contributed by atoms with E-state index in [1.54, 1.807) is 23.5 Å². The van der Waals surface area contributed by atoms with E-state index in [0.29, 0.717) is 0 Å². The number of sulfonamides is 1. The van der Waals surface area contributed by atoms with Crippen LogP contribution in [0.4, 0.5) is 5.69 Å². The van der Waals surface area contributed by atoms with E-state index in [2.05, 4.69) is 31.3 Å². The minimum Gasteiger partial charge on any atom is -0.377 e. The topological polar surface area (TPSA) is 72.2 Å². The molecule has 2 rings (SSSR count). The van der Waals surface area contributed by atoms with Gasteiger partial charge in [0, 0.05) is 15.4 Å². The van der Waals surface area contributed by atoms with Gasteiger partial charge >= 0.3 is 0 Å². The molecule has 6 heteroatoms. The number of primary sulfonamides is 1. The monoisotopic (exact) mass is 324 g/mol. The van der Waals surface area contributed by atoms with Gasteiger partial charge in [-0.25, -0.2) is 13.6 Å². The molecular formula is C15H20N2O2S2. The molecule has 4 nitrogen and oxygen atoms in total. The molecule has 1 unspecified atom stereocenters. The van der Waals surface area contributed by atoms with Crippen LogP contribution in [-0.2, 0) is 10.0 Å². The molecule has 0 saturated carbocycles. The third kappa shape index (κ3) is 3.64. The Morgan fingerprint density at radius 1 is 1.19 bits per heavy atom. The molecule has 0 saturated heterocycles. The zero-order valence-electron chi connectivity index (χ0n) is 12.6. The first kappa shape index (κ1) is 16.0. The predicted octanol–water partition coefficient (Wildman–Crippen LogP) is 3.49. The average molecular weight is 324 g/mol. The molecule has 1 aromatic carbocycles. The van der Waals surface area contributed by atoms with E-state index in [-0.39, 0.29) is 10.9 Å². The maximum Gasteiger partial charge on any atom is 0.238 e. The van der Waals surface area contributed by atoms with E-state index in [1.165, 1.54) is 9.75 Å². The number of hydrogen-bond acceptors (Lipinski definition) is 4. The van der Waals surface area contributed by atoms with Gasteiger partial charge < -0.3 is 5.32 Å². The number of anilines is 1. The average Bonchev–Trinajstić information content (AvgIpc) is 2.80. The lowest BCUT2D eigenvalue weighted by Crippen LogP contribution is -2.14. The molecule has 1 atom stereocenters. The van der Waals surface area contributed by atoms with Crippen molar-refractivity contribution in [2.24, 2.45) is 5.14 Å². The molecule has 0 bridgehead atoms. The first-order valence-corrected chi connectivity index (χ1v) is 9.01. The number of hydrogen-bond donors (Lipinski definition) is 2. The highest BCUT2D eigenvalue weighted by Gasteiger charge is 2.15. The Kier molecular flexibility index (Phi) is 4.41. The van der Waals surface area contributed by atoms with Crippen molar-refractivity contribution >= 4 is 27.0 Å². The van der Waals surface area contributed by atoms with E-state index in [0.717, 1.165) is 16.8 Å². The van der Waals surface area contributed by atoms with E-state index in [4.69, 9.17) is 5.14 Å². The van der Waals surface area contributed by atoms with Crippen LogP contribution in [0.15, 0.2) is 29.2 Å². The maximum absolute atomic E-state index is 11.6. The minimum atomic E-state index is -3.70. The van der Waals surface area contributed by atoms with Gasteiger partial charge in [0.15, 0.2) is 0 Å². The molecule has 1 heterocycles. The van der Waals surface area contributed by atoms with Gasteiger partial charge in [-0.2, -0.15) is 0 Å². The van der Waals surface area contributed by atoms with E-state index in [9.17, 15) is 8.42 Å². The van der Waals surface area contributed by atoms with Crippen molar-refractivity contribution in [3.63, 3.8) is 0 Å². The fraction of sp³-hybridized carbons (Fsp3) is 0.333. The Labute approximate surface area is 130 Å². The Bertz CT molecular complexity index is 764. The van der Waals surface area contributed by atoms with E-state index < -0.39 is 10.0 Å². The molecule has 2 aromatic rings. The molecule has 21 heavy (non-hydrogen) atoms. The van der Waals surface area contributed by atoms with Gasteiger partial charge in [-0.05, 0) is 63.1 Å². The molecule has 0 fully saturated rings. The van der Waals surface area contributed by atoms with Crippen molar-refractivity contribution in [3.8, 4) is 0 Å². The quantitative estimate of drug-likeness (QED) is 0.904. The molecule has 0 spiro atoms. The number of nitrogens with one attached hydrogen (secondary N) is 1. The Hall–Kier alpha value is -1.37. The molecule has 0 aliphatic heterocycles. The van der Waals surface area contributed by atoms with Crippen LogP contribution in [0.5, 0.6) is 0 Å². The third-order valence-corrected chi connectivity index (χ3v) is 5.61. The predicted molar refractivity (Wildman–Crippen MR) is 88.4 cm³/mol. The lowest BCUT2D eigenvalue weighted by Gasteiger charge is -2.18. The largest absolute Gasteiger partial charge is 0.377 e. The Morgan fingerprint density at radius 2 is 1.86 bits per heavy atom. The highest BCUT2D eigenvalue weighted by Crippen LogP contribution is 2.29. The van der Waals surface area contributed by atoms with Gasteiger partial charge in [-0.1, -0.05) is 0 Å². The number of rotatable bonds is 4. The first-order chi connectivity index (χ1) is 9.68. The summed E-state index contributed by atoms with van der Waals surface area (Å²) in [5.74, 6) is 0. The van der Waals surface area contributed by atoms with Crippen molar-refractivity contribution in [2.45, 2.75) is 38.6 Å². The van der Waals surface area contributed by atoms with Crippen LogP contribution in [0, 0.1) is 20.8 Å². The summed E-state index contributed by atoms with van der Waals surface area (Å²) in [6, 6.07) is 7.49. The third-order valence-electron chi connectivity index (χ3n) is 3.53. The zero-order chi connectivity index (χ0) is 15.8. The van der Waals surface area contributed by atoms with Gasteiger partial charge in [-0.3, -0.25) is 0 Å². The molecule has 0 aliphatic carbocycles. The van der Waals surface area contributed by atoms with Gasteiger partial charge in [0.2, 0.25) is 10.0 Å². The first-order valence-electron chi connectivity index (χ1n) is 6.65. The number of aryl methyl sites for hydroxylation is 2. The van der Waals surface area contributed by atoms with Crippen molar-refractivity contribution < 1.29 is 8.42 Å². The molecule has 3 N–H and O–H groups in total. The van der Waals surface area contributed by atoms with Crippen LogP contribution >= 0.6 is 11.3 Å². The highest BCUT2D eigenvalue weighted by atomic mass is 32.2. The van der Waals surface area contributed by atoms with Crippen LogP contribution in [0.1, 0.15) is 33.8 Å². The molecule has 1 aromatic heterocycles. The van der Waals surface area contributed by atoms with Crippen LogP contribution in [0.25, 0.3) is 0 Å². The summed E-state index contributed by atoms with van der Waals surface area (Å²) < 4.78 is 23.1. The minimum absolute atomic E-state index is 0.109. The van der Waals surface area contributed by atoms with Crippen molar-refractivity contribution in [1.82, 2.24) is 0 Å². The second kappa shape index (κ2) is 5.79. The van der Waals surface area contributed by atoms with Crippen LogP contribution in [0.3, 0.4) is 0 Å². The lowest BCUT2D eigenvalue weighted by molar-refractivity contribution is 0.597. The van der Waals surface area contributed by atoms with E-state index >= 15 is 0 Å². The van der Waals surface area contributed by atoms with E-state index in [1.807, 2.05) is 13.8 Å². The van der Waals surface area contributed by atoms with Crippen molar-refractivity contribution in [1.29, 1.82) is 0 Å². The van der Waals surface area contributed by atoms with Gasteiger partial charge in [-0.15, -0.1) is 11.3 Å². The fourth-order valence-electron chi connectivity index (χ4n) is 2.13. The summed E-state index contributed by atoms with van der Waals surface area (Å²) in [7, 11) is -3.70. The Morgan fingerprint density at radius 3 is 2.38 bits per heavy atom. The number of benzene rings is 1. The van der Waals surface area contributed by atoms with Crippen LogP contribution in [0.2, 0.25) is 0 Å². The number of nitrogens with two attached hydrogens (primary N) is 1. The summed E-state index contributed by atoms with van der Waals surface area (Å²) in [4.78, 5) is 2.61. The molecule has 0 amide bonds. The normalized spacial score (nSPS) is 13.2. The standard InChI is InChI=1S/C15H20N2O2S2/c1-9-7-13(21(16,18)19)8-14(11(9)3)17-12(4)15-6-5-10(2)20-15/h5-8,12,17H,1-4H3,(H2,16,18,19). The smallest absolute Gasteiger partial charge is 0.238 e. The molecule has 114 valence electrons. The van der Waals surface area contributed by atoms with Crippen molar-refractivity contribution in [2.75, 3.05) is 5.32 Å².